The fourth-order valence-corrected chi connectivity index (χ4v) is 2.72. The quantitative estimate of drug-likeness (QED) is 0.476. The van der Waals surface area contributed by atoms with Gasteiger partial charge in [-0.3, -0.25) is 24.5 Å². The number of nitrogens with one attached hydrogen (secondary N) is 2. The first kappa shape index (κ1) is 18.4. The van der Waals surface area contributed by atoms with Gasteiger partial charge in [0, 0.05) is 30.7 Å². The molecule has 1 fully saturated rings. The minimum Gasteiger partial charge on any atom is -0.481 e. The van der Waals surface area contributed by atoms with Gasteiger partial charge in [-0.25, -0.2) is 0 Å². The standard InChI is InChI=1S/C16H19N3O6/c20-13(18-16(7-1-8-16)10-14(21)22)6-9-17-15(23)11-2-4-12(5-3-11)19(24)25/h2-5H,1,6-10H2,(H,17,23)(H,18,20)(H,21,22). The molecule has 9 nitrogen and oxygen atoms in total. The molecule has 0 unspecified atom stereocenters. The number of nitro groups is 1. The Hall–Kier alpha value is -2.97. The van der Waals surface area contributed by atoms with E-state index in [2.05, 4.69) is 10.6 Å². The molecule has 1 aromatic carbocycles. The number of hydrogen-bond donors (Lipinski definition) is 3. The van der Waals surface area contributed by atoms with Gasteiger partial charge in [0.05, 0.1) is 16.9 Å². The second-order valence-corrected chi connectivity index (χ2v) is 6.06. The molecule has 0 aliphatic heterocycles. The van der Waals surface area contributed by atoms with Crippen molar-refractivity contribution in [2.24, 2.45) is 0 Å². The molecule has 2 rings (SSSR count). The van der Waals surface area contributed by atoms with Crippen LogP contribution in [-0.4, -0.2) is 39.9 Å². The van der Waals surface area contributed by atoms with Crippen molar-refractivity contribution in [3.63, 3.8) is 0 Å². The van der Waals surface area contributed by atoms with Crippen LogP contribution in [0.3, 0.4) is 0 Å². The Morgan fingerprint density at radius 1 is 1.20 bits per heavy atom. The highest BCUT2D eigenvalue weighted by Crippen LogP contribution is 2.34. The van der Waals surface area contributed by atoms with Crippen molar-refractivity contribution in [3.8, 4) is 0 Å². The van der Waals surface area contributed by atoms with E-state index < -0.39 is 22.3 Å². The summed E-state index contributed by atoms with van der Waals surface area (Å²) < 4.78 is 0. The van der Waals surface area contributed by atoms with Crippen LogP contribution in [0, 0.1) is 10.1 Å². The van der Waals surface area contributed by atoms with Gasteiger partial charge in [0.1, 0.15) is 0 Å². The lowest BCUT2D eigenvalue weighted by Crippen LogP contribution is -2.55. The number of hydrogen-bond acceptors (Lipinski definition) is 5. The summed E-state index contributed by atoms with van der Waals surface area (Å²) in [6, 6.07) is 5.13. The number of rotatable bonds is 8. The van der Waals surface area contributed by atoms with Crippen LogP contribution in [0.5, 0.6) is 0 Å². The zero-order valence-electron chi connectivity index (χ0n) is 13.5. The monoisotopic (exact) mass is 349 g/mol. The summed E-state index contributed by atoms with van der Waals surface area (Å²) in [5, 5.41) is 24.8. The van der Waals surface area contributed by atoms with E-state index in [-0.39, 0.29) is 36.5 Å². The Bertz CT molecular complexity index is 682. The molecule has 134 valence electrons. The number of carboxylic acids is 1. The van der Waals surface area contributed by atoms with Crippen LogP contribution in [0.2, 0.25) is 0 Å². The molecular weight excluding hydrogens is 330 g/mol. The Kier molecular flexibility index (Phi) is 5.68. The molecule has 1 saturated carbocycles. The Morgan fingerprint density at radius 2 is 1.84 bits per heavy atom. The van der Waals surface area contributed by atoms with E-state index in [4.69, 9.17) is 5.11 Å². The minimum atomic E-state index is -0.952. The summed E-state index contributed by atoms with van der Waals surface area (Å²) in [6.45, 7) is 0.0881. The van der Waals surface area contributed by atoms with Gasteiger partial charge in [-0.2, -0.15) is 0 Å². The number of non-ortho nitro benzene ring substituents is 1. The lowest BCUT2D eigenvalue weighted by molar-refractivity contribution is -0.384. The first-order chi connectivity index (χ1) is 11.8. The van der Waals surface area contributed by atoms with Crippen molar-refractivity contribution < 1.29 is 24.4 Å². The zero-order valence-corrected chi connectivity index (χ0v) is 13.5. The minimum absolute atomic E-state index is 0.0279. The Labute approximate surface area is 143 Å². The first-order valence-electron chi connectivity index (χ1n) is 7.87. The number of amides is 2. The van der Waals surface area contributed by atoms with Gasteiger partial charge in [-0.15, -0.1) is 0 Å². The molecule has 1 aromatic rings. The molecule has 2 amide bonds. The van der Waals surface area contributed by atoms with Crippen molar-refractivity contribution in [1.82, 2.24) is 10.6 Å². The molecule has 25 heavy (non-hydrogen) atoms. The number of nitro benzene ring substituents is 1. The average molecular weight is 349 g/mol. The molecule has 0 aromatic heterocycles. The van der Waals surface area contributed by atoms with Gasteiger partial charge >= 0.3 is 5.97 Å². The summed E-state index contributed by atoms with van der Waals surface area (Å²) in [6.07, 6.45) is 2.08. The zero-order chi connectivity index (χ0) is 18.4. The molecule has 0 bridgehead atoms. The summed E-state index contributed by atoms with van der Waals surface area (Å²) in [7, 11) is 0. The van der Waals surface area contributed by atoms with Crippen LogP contribution in [-0.2, 0) is 9.59 Å². The van der Waals surface area contributed by atoms with Crippen molar-refractivity contribution in [2.45, 2.75) is 37.6 Å². The highest BCUT2D eigenvalue weighted by molar-refractivity contribution is 5.94. The third-order valence-corrected chi connectivity index (χ3v) is 4.18. The smallest absolute Gasteiger partial charge is 0.305 e. The number of carbonyl (C=O) groups excluding carboxylic acids is 2. The van der Waals surface area contributed by atoms with Gasteiger partial charge < -0.3 is 15.7 Å². The predicted molar refractivity (Wildman–Crippen MR) is 87.0 cm³/mol. The number of nitrogens with zero attached hydrogens (tertiary/aromatic N) is 1. The van der Waals surface area contributed by atoms with E-state index in [1.807, 2.05) is 0 Å². The largest absolute Gasteiger partial charge is 0.481 e. The molecule has 9 heteroatoms. The second-order valence-electron chi connectivity index (χ2n) is 6.06. The molecule has 0 saturated heterocycles. The SMILES string of the molecule is O=C(O)CC1(NC(=O)CCNC(=O)c2ccc([N+](=O)[O-])cc2)CCC1. The summed E-state index contributed by atoms with van der Waals surface area (Å²) in [5.74, 6) is -1.71. The molecule has 1 aliphatic rings. The van der Waals surface area contributed by atoms with Crippen LogP contribution in [0.25, 0.3) is 0 Å². The maximum atomic E-state index is 11.9. The van der Waals surface area contributed by atoms with Gasteiger partial charge in [-0.1, -0.05) is 0 Å². The number of carboxylic acid groups (broad SMARTS) is 1. The molecule has 1 aliphatic carbocycles. The molecule has 3 N–H and O–H groups in total. The number of carbonyl (C=O) groups is 3. The summed E-state index contributed by atoms with van der Waals surface area (Å²) >= 11 is 0. The maximum absolute atomic E-state index is 11.9. The predicted octanol–water partition coefficient (Wildman–Crippen LogP) is 1.23. The third kappa shape index (κ3) is 5.00. The normalized spacial score (nSPS) is 14.9. The average Bonchev–Trinajstić information content (AvgIpc) is 2.52. The van der Waals surface area contributed by atoms with Crippen LogP contribution in [0.4, 0.5) is 5.69 Å². The van der Waals surface area contributed by atoms with Crippen molar-refractivity contribution in [2.75, 3.05) is 6.54 Å². The summed E-state index contributed by atoms with van der Waals surface area (Å²) in [4.78, 5) is 44.7. The van der Waals surface area contributed by atoms with Crippen LogP contribution in [0.15, 0.2) is 24.3 Å². The van der Waals surface area contributed by atoms with E-state index in [0.29, 0.717) is 12.8 Å². The van der Waals surface area contributed by atoms with Gasteiger partial charge in [-0.05, 0) is 31.4 Å². The Balaban J connectivity index is 1.77. The molecule has 0 spiro atoms. The second kappa shape index (κ2) is 7.73. The van der Waals surface area contributed by atoms with E-state index in [1.165, 1.54) is 24.3 Å². The fraction of sp³-hybridized carbons (Fsp3) is 0.438. The van der Waals surface area contributed by atoms with Crippen molar-refractivity contribution >= 4 is 23.5 Å². The van der Waals surface area contributed by atoms with Crippen LogP contribution < -0.4 is 10.6 Å². The topological polar surface area (TPSA) is 139 Å². The Morgan fingerprint density at radius 3 is 2.32 bits per heavy atom. The molecule has 0 radical (unpaired) electrons. The van der Waals surface area contributed by atoms with Gasteiger partial charge in [0.2, 0.25) is 5.91 Å². The van der Waals surface area contributed by atoms with E-state index in [1.54, 1.807) is 0 Å². The first-order valence-corrected chi connectivity index (χ1v) is 7.87. The van der Waals surface area contributed by atoms with E-state index in [0.717, 1.165) is 6.42 Å². The van der Waals surface area contributed by atoms with Gasteiger partial charge in [0.25, 0.3) is 11.6 Å². The van der Waals surface area contributed by atoms with Crippen LogP contribution >= 0.6 is 0 Å². The fourth-order valence-electron chi connectivity index (χ4n) is 2.72. The number of benzene rings is 1. The third-order valence-electron chi connectivity index (χ3n) is 4.18. The summed E-state index contributed by atoms with van der Waals surface area (Å²) in [5.41, 5.74) is -0.516. The molecular formula is C16H19N3O6. The lowest BCUT2D eigenvalue weighted by Gasteiger charge is -2.41. The van der Waals surface area contributed by atoms with Crippen molar-refractivity contribution in [1.29, 1.82) is 0 Å². The highest BCUT2D eigenvalue weighted by Gasteiger charge is 2.40. The van der Waals surface area contributed by atoms with Crippen molar-refractivity contribution in [3.05, 3.63) is 39.9 Å². The van der Waals surface area contributed by atoms with E-state index in [9.17, 15) is 24.5 Å². The maximum Gasteiger partial charge on any atom is 0.305 e. The molecule has 0 atom stereocenters. The van der Waals surface area contributed by atoms with Gasteiger partial charge in [0.15, 0.2) is 0 Å². The number of aliphatic carboxylic acids is 1. The van der Waals surface area contributed by atoms with Crippen LogP contribution in [0.1, 0.15) is 42.5 Å². The highest BCUT2D eigenvalue weighted by atomic mass is 16.6. The molecule has 0 heterocycles. The lowest BCUT2D eigenvalue weighted by atomic mass is 9.74. The van der Waals surface area contributed by atoms with E-state index >= 15 is 0 Å².